The maximum Gasteiger partial charge on any atom is 0.228 e. The number of benzene rings is 1. The molecule has 1 amide bonds. The van der Waals surface area contributed by atoms with Gasteiger partial charge < -0.3 is 15.5 Å². The Morgan fingerprint density at radius 2 is 1.93 bits per heavy atom. The zero-order valence-electron chi connectivity index (χ0n) is 16.7. The molecule has 1 aromatic carbocycles. The van der Waals surface area contributed by atoms with Crippen molar-refractivity contribution in [2.45, 2.75) is 32.1 Å². The van der Waals surface area contributed by atoms with Gasteiger partial charge in [-0.2, -0.15) is 0 Å². The Morgan fingerprint density at radius 1 is 1.17 bits per heavy atom. The highest BCUT2D eigenvalue weighted by atomic mass is 35.5. The van der Waals surface area contributed by atoms with Crippen molar-refractivity contribution in [2.24, 2.45) is 17.8 Å². The fraction of sp³-hybridized carbons (Fsp3) is 0.500. The lowest BCUT2D eigenvalue weighted by Crippen LogP contribution is -2.35. The SMILES string of the molecule is O=C1Cc2cc(NCC[C@@H]3CC3C3CCN(c4ncc(Cl)cn4)CC3)cc(Cl)c2N1. The van der Waals surface area contributed by atoms with Gasteiger partial charge in [-0.05, 0) is 61.1 Å². The molecule has 2 aliphatic heterocycles. The average Bonchev–Trinajstić information content (AvgIpc) is 3.41. The molecular weight excluding hydrogens is 421 g/mol. The molecule has 158 valence electrons. The van der Waals surface area contributed by atoms with Crippen LogP contribution in [0.5, 0.6) is 0 Å². The Bertz CT molecular complexity index is 943. The number of carbonyl (C=O) groups excluding carboxylic acids is 1. The van der Waals surface area contributed by atoms with E-state index in [2.05, 4.69) is 25.5 Å². The summed E-state index contributed by atoms with van der Waals surface area (Å²) in [7, 11) is 0. The van der Waals surface area contributed by atoms with E-state index in [1.54, 1.807) is 12.4 Å². The van der Waals surface area contributed by atoms with E-state index < -0.39 is 0 Å². The summed E-state index contributed by atoms with van der Waals surface area (Å²) >= 11 is 12.2. The Hall–Kier alpha value is -2.05. The first kappa shape index (κ1) is 19.9. The molecule has 6 nitrogen and oxygen atoms in total. The van der Waals surface area contributed by atoms with Gasteiger partial charge in [-0.15, -0.1) is 0 Å². The molecule has 3 aliphatic rings. The van der Waals surface area contributed by atoms with Crippen LogP contribution in [0.3, 0.4) is 0 Å². The van der Waals surface area contributed by atoms with Crippen LogP contribution < -0.4 is 15.5 Å². The topological polar surface area (TPSA) is 70.2 Å². The third-order valence-electron chi connectivity index (χ3n) is 6.64. The van der Waals surface area contributed by atoms with Crippen LogP contribution >= 0.6 is 23.2 Å². The molecule has 2 N–H and O–H groups in total. The predicted molar refractivity (Wildman–Crippen MR) is 120 cm³/mol. The summed E-state index contributed by atoms with van der Waals surface area (Å²) in [5, 5.41) is 7.51. The molecule has 1 aromatic heterocycles. The Morgan fingerprint density at radius 3 is 2.70 bits per heavy atom. The fourth-order valence-corrected chi connectivity index (χ4v) is 5.36. The summed E-state index contributed by atoms with van der Waals surface area (Å²) in [6.07, 6.45) is 8.69. The van der Waals surface area contributed by atoms with Crippen LogP contribution in [0.4, 0.5) is 17.3 Å². The number of amides is 1. The number of rotatable bonds is 6. The van der Waals surface area contributed by atoms with Crippen LogP contribution in [0, 0.1) is 17.8 Å². The molecule has 3 heterocycles. The van der Waals surface area contributed by atoms with Gasteiger partial charge in [-0.25, -0.2) is 9.97 Å². The molecule has 8 heteroatoms. The summed E-state index contributed by atoms with van der Waals surface area (Å²) in [6, 6.07) is 3.95. The van der Waals surface area contributed by atoms with Crippen molar-refractivity contribution in [2.75, 3.05) is 35.2 Å². The van der Waals surface area contributed by atoms with Crippen LogP contribution in [0.15, 0.2) is 24.5 Å². The van der Waals surface area contributed by atoms with Crippen molar-refractivity contribution in [3.63, 3.8) is 0 Å². The summed E-state index contributed by atoms with van der Waals surface area (Å²) in [6.45, 7) is 2.98. The normalized spacial score (nSPS) is 23.3. The number of hydrogen-bond acceptors (Lipinski definition) is 5. The van der Waals surface area contributed by atoms with Gasteiger partial charge in [0.05, 0.1) is 34.5 Å². The zero-order chi connectivity index (χ0) is 20.7. The molecule has 1 unspecified atom stereocenters. The van der Waals surface area contributed by atoms with Gasteiger partial charge >= 0.3 is 0 Å². The van der Waals surface area contributed by atoms with E-state index in [-0.39, 0.29) is 5.91 Å². The predicted octanol–water partition coefficient (Wildman–Crippen LogP) is 4.63. The molecule has 2 fully saturated rings. The van der Waals surface area contributed by atoms with E-state index in [0.717, 1.165) is 60.3 Å². The lowest BCUT2D eigenvalue weighted by atomic mass is 9.90. The lowest BCUT2D eigenvalue weighted by molar-refractivity contribution is -0.115. The summed E-state index contributed by atoms with van der Waals surface area (Å²) in [5.41, 5.74) is 2.75. The molecule has 2 aromatic rings. The van der Waals surface area contributed by atoms with Crippen LogP contribution in [0.1, 0.15) is 31.2 Å². The van der Waals surface area contributed by atoms with Crippen LogP contribution in [-0.2, 0) is 11.2 Å². The number of piperidine rings is 1. The molecule has 0 spiro atoms. The first-order chi connectivity index (χ1) is 14.6. The zero-order valence-corrected chi connectivity index (χ0v) is 18.2. The average molecular weight is 446 g/mol. The van der Waals surface area contributed by atoms with E-state index in [4.69, 9.17) is 23.2 Å². The third kappa shape index (κ3) is 4.21. The van der Waals surface area contributed by atoms with Gasteiger partial charge in [-0.1, -0.05) is 23.2 Å². The summed E-state index contributed by atoms with van der Waals surface area (Å²) < 4.78 is 0. The molecular formula is C22H25Cl2N5O. The highest BCUT2D eigenvalue weighted by Gasteiger charge is 2.43. The smallest absolute Gasteiger partial charge is 0.228 e. The van der Waals surface area contributed by atoms with E-state index in [1.165, 1.54) is 25.7 Å². The number of fused-ring (bicyclic) bond motifs is 1. The molecule has 0 bridgehead atoms. The standard InChI is InChI=1S/C22H25Cl2N5O/c23-16-11-26-22(27-12-16)29-5-2-13(3-6-29)18-8-14(18)1-4-25-17-7-15-9-20(30)28-21(15)19(24)10-17/h7,10-14,18,25H,1-6,8-9H2,(H,28,30)/t14-,18?/m1/s1. The lowest BCUT2D eigenvalue weighted by Gasteiger charge is -2.32. The van der Waals surface area contributed by atoms with E-state index in [0.29, 0.717) is 16.5 Å². The van der Waals surface area contributed by atoms with Crippen molar-refractivity contribution in [1.29, 1.82) is 0 Å². The van der Waals surface area contributed by atoms with Crippen LogP contribution in [0.2, 0.25) is 10.0 Å². The Kier molecular flexibility index (Phi) is 5.46. The van der Waals surface area contributed by atoms with Gasteiger partial charge in [0.25, 0.3) is 0 Å². The highest BCUT2D eigenvalue weighted by Crippen LogP contribution is 2.49. The van der Waals surface area contributed by atoms with E-state index in [1.807, 2.05) is 12.1 Å². The van der Waals surface area contributed by atoms with E-state index >= 15 is 0 Å². The van der Waals surface area contributed by atoms with E-state index in [9.17, 15) is 4.79 Å². The number of anilines is 3. The van der Waals surface area contributed by atoms with Crippen molar-refractivity contribution in [1.82, 2.24) is 9.97 Å². The highest BCUT2D eigenvalue weighted by molar-refractivity contribution is 6.34. The number of halogens is 2. The van der Waals surface area contributed by atoms with Gasteiger partial charge in [0.2, 0.25) is 11.9 Å². The molecule has 1 saturated carbocycles. The number of carbonyl (C=O) groups is 1. The quantitative estimate of drug-likeness (QED) is 0.677. The Labute approximate surface area is 186 Å². The first-order valence-corrected chi connectivity index (χ1v) is 11.4. The second kappa shape index (κ2) is 8.23. The van der Waals surface area contributed by atoms with Gasteiger partial charge in [0.1, 0.15) is 0 Å². The second-order valence-corrected chi connectivity index (χ2v) is 9.46. The minimum absolute atomic E-state index is 0.0125. The van der Waals surface area contributed by atoms with Crippen molar-refractivity contribution < 1.29 is 4.79 Å². The number of nitrogens with zero attached hydrogens (tertiary/aromatic N) is 3. The number of aromatic nitrogens is 2. The van der Waals surface area contributed by atoms with Gasteiger partial charge in [0.15, 0.2) is 0 Å². The molecule has 30 heavy (non-hydrogen) atoms. The summed E-state index contributed by atoms with van der Waals surface area (Å²) in [5.74, 6) is 3.28. The molecule has 2 atom stereocenters. The Balaban J connectivity index is 1.07. The van der Waals surface area contributed by atoms with Gasteiger partial charge in [0, 0.05) is 25.3 Å². The molecule has 5 rings (SSSR count). The van der Waals surface area contributed by atoms with Crippen LogP contribution in [0.25, 0.3) is 0 Å². The summed E-state index contributed by atoms with van der Waals surface area (Å²) in [4.78, 5) is 22.5. The minimum atomic E-state index is 0.0125. The van der Waals surface area contributed by atoms with Crippen molar-refractivity contribution in [3.8, 4) is 0 Å². The largest absolute Gasteiger partial charge is 0.385 e. The first-order valence-electron chi connectivity index (χ1n) is 10.7. The third-order valence-corrected chi connectivity index (χ3v) is 7.14. The minimum Gasteiger partial charge on any atom is -0.385 e. The van der Waals surface area contributed by atoms with Crippen LogP contribution in [-0.4, -0.2) is 35.5 Å². The number of nitrogens with one attached hydrogen (secondary N) is 2. The second-order valence-electron chi connectivity index (χ2n) is 8.62. The van der Waals surface area contributed by atoms with Crippen molar-refractivity contribution >= 4 is 46.4 Å². The number of hydrogen-bond donors (Lipinski definition) is 2. The van der Waals surface area contributed by atoms with Crippen molar-refractivity contribution in [3.05, 3.63) is 40.1 Å². The maximum atomic E-state index is 11.6. The maximum absolute atomic E-state index is 11.6. The molecule has 1 aliphatic carbocycles. The fourth-order valence-electron chi connectivity index (χ4n) is 4.98. The molecule has 0 radical (unpaired) electrons. The monoisotopic (exact) mass is 445 g/mol. The molecule has 1 saturated heterocycles. The van der Waals surface area contributed by atoms with Gasteiger partial charge in [-0.3, -0.25) is 4.79 Å².